The van der Waals surface area contributed by atoms with E-state index in [0.29, 0.717) is 28.9 Å². The molecule has 3 heterocycles. The van der Waals surface area contributed by atoms with Crippen molar-refractivity contribution in [3.63, 3.8) is 0 Å². The highest BCUT2D eigenvalue weighted by molar-refractivity contribution is 7.14. The van der Waals surface area contributed by atoms with E-state index in [4.69, 9.17) is 9.15 Å². The molecule has 0 aromatic carbocycles. The molecule has 0 saturated carbocycles. The Bertz CT molecular complexity index is 837. The fraction of sp³-hybridized carbons (Fsp3) is 0.200. The van der Waals surface area contributed by atoms with E-state index in [-0.39, 0.29) is 18.1 Å². The van der Waals surface area contributed by atoms with Crippen molar-refractivity contribution in [3.05, 3.63) is 41.2 Å². The number of furan rings is 1. The molecule has 3 aromatic rings. The maximum atomic E-state index is 12.2. The van der Waals surface area contributed by atoms with Crippen molar-refractivity contribution in [2.45, 2.75) is 13.3 Å². The highest BCUT2D eigenvalue weighted by atomic mass is 32.1. The molecule has 3 aromatic heterocycles. The number of amides is 1. The molecule has 0 aliphatic heterocycles. The first-order chi connectivity index (χ1) is 11.7. The van der Waals surface area contributed by atoms with Gasteiger partial charge in [0.1, 0.15) is 5.69 Å². The lowest BCUT2D eigenvalue weighted by atomic mass is 10.3. The van der Waals surface area contributed by atoms with Gasteiger partial charge in [0, 0.05) is 11.4 Å². The first-order valence-corrected chi connectivity index (χ1v) is 8.04. The van der Waals surface area contributed by atoms with Crippen LogP contribution in [0.15, 0.2) is 34.3 Å². The molecular weight excluding hydrogens is 332 g/mol. The van der Waals surface area contributed by atoms with Crippen molar-refractivity contribution >= 4 is 28.3 Å². The standard InChI is InChI=1S/C15H14N4O4S/c1-2-22-13(20)6-9-8-24-15(16-9)17-14(21)11-7-10(18-19-11)12-4-3-5-23-12/h3-5,7-8H,2,6H2,1H3,(H,18,19)(H,16,17,21). The molecule has 2 N–H and O–H groups in total. The third kappa shape index (κ3) is 3.69. The third-order valence-corrected chi connectivity index (χ3v) is 3.81. The van der Waals surface area contributed by atoms with E-state index < -0.39 is 5.91 Å². The number of hydrogen-bond donors (Lipinski definition) is 2. The van der Waals surface area contributed by atoms with Crippen LogP contribution in [0.2, 0.25) is 0 Å². The minimum absolute atomic E-state index is 0.0747. The van der Waals surface area contributed by atoms with E-state index in [9.17, 15) is 9.59 Å². The first kappa shape index (κ1) is 15.9. The van der Waals surface area contributed by atoms with Gasteiger partial charge in [-0.3, -0.25) is 20.0 Å². The van der Waals surface area contributed by atoms with Crippen molar-refractivity contribution in [3.8, 4) is 11.5 Å². The third-order valence-electron chi connectivity index (χ3n) is 3.00. The van der Waals surface area contributed by atoms with Crippen molar-refractivity contribution in [2.24, 2.45) is 0 Å². The van der Waals surface area contributed by atoms with E-state index in [1.165, 1.54) is 17.6 Å². The number of nitrogens with one attached hydrogen (secondary N) is 2. The van der Waals surface area contributed by atoms with Crippen molar-refractivity contribution in [1.29, 1.82) is 0 Å². The van der Waals surface area contributed by atoms with Crippen LogP contribution in [-0.4, -0.2) is 33.7 Å². The number of H-pyrrole nitrogens is 1. The molecule has 0 radical (unpaired) electrons. The van der Waals surface area contributed by atoms with Gasteiger partial charge in [-0.2, -0.15) is 5.10 Å². The van der Waals surface area contributed by atoms with E-state index in [0.717, 1.165) is 0 Å². The Balaban J connectivity index is 1.63. The molecule has 124 valence electrons. The van der Waals surface area contributed by atoms with Crippen LogP contribution in [0, 0.1) is 0 Å². The zero-order valence-corrected chi connectivity index (χ0v) is 13.6. The van der Waals surface area contributed by atoms with Crippen LogP contribution in [0.5, 0.6) is 0 Å². The molecule has 0 bridgehead atoms. The summed E-state index contributed by atoms with van der Waals surface area (Å²) in [6, 6.07) is 5.09. The van der Waals surface area contributed by atoms with Gasteiger partial charge in [-0.05, 0) is 19.1 Å². The van der Waals surface area contributed by atoms with Gasteiger partial charge in [0.2, 0.25) is 0 Å². The summed E-state index contributed by atoms with van der Waals surface area (Å²) >= 11 is 1.23. The van der Waals surface area contributed by atoms with E-state index in [2.05, 4.69) is 20.5 Å². The molecule has 8 nitrogen and oxygen atoms in total. The fourth-order valence-corrected chi connectivity index (χ4v) is 2.67. The van der Waals surface area contributed by atoms with E-state index >= 15 is 0 Å². The van der Waals surface area contributed by atoms with Gasteiger partial charge in [0.25, 0.3) is 5.91 Å². The summed E-state index contributed by atoms with van der Waals surface area (Å²) in [6.07, 6.45) is 1.61. The Labute approximate surface area is 140 Å². The van der Waals surface area contributed by atoms with Crippen LogP contribution < -0.4 is 5.32 Å². The minimum Gasteiger partial charge on any atom is -0.466 e. The SMILES string of the molecule is CCOC(=O)Cc1csc(NC(=O)c2cc(-c3ccco3)[nH]n2)n1. The highest BCUT2D eigenvalue weighted by Crippen LogP contribution is 2.20. The van der Waals surface area contributed by atoms with Gasteiger partial charge in [0.15, 0.2) is 16.6 Å². The van der Waals surface area contributed by atoms with Gasteiger partial charge in [0.05, 0.1) is 25.0 Å². The van der Waals surface area contributed by atoms with Gasteiger partial charge >= 0.3 is 5.97 Å². The second-order valence-corrected chi connectivity index (χ2v) is 5.58. The van der Waals surface area contributed by atoms with Gasteiger partial charge in [-0.25, -0.2) is 4.98 Å². The highest BCUT2D eigenvalue weighted by Gasteiger charge is 2.15. The number of hydrogen-bond acceptors (Lipinski definition) is 7. The van der Waals surface area contributed by atoms with Crippen LogP contribution in [0.3, 0.4) is 0 Å². The van der Waals surface area contributed by atoms with Crippen molar-refractivity contribution in [2.75, 3.05) is 11.9 Å². The molecule has 0 saturated heterocycles. The normalized spacial score (nSPS) is 10.5. The summed E-state index contributed by atoms with van der Waals surface area (Å²) in [7, 11) is 0. The number of anilines is 1. The number of thiazole rings is 1. The number of esters is 1. The van der Waals surface area contributed by atoms with Crippen LogP contribution in [0.4, 0.5) is 5.13 Å². The van der Waals surface area contributed by atoms with E-state index in [1.807, 2.05) is 0 Å². The molecule has 1 amide bonds. The van der Waals surface area contributed by atoms with E-state index in [1.54, 1.807) is 30.5 Å². The Morgan fingerprint density at radius 1 is 1.46 bits per heavy atom. The van der Waals surface area contributed by atoms with Crippen LogP contribution in [0.25, 0.3) is 11.5 Å². The quantitative estimate of drug-likeness (QED) is 0.664. The van der Waals surface area contributed by atoms with Crippen LogP contribution in [-0.2, 0) is 16.0 Å². The van der Waals surface area contributed by atoms with Gasteiger partial charge < -0.3 is 9.15 Å². The summed E-state index contributed by atoms with van der Waals surface area (Å²) in [5.74, 6) is -0.162. The summed E-state index contributed by atoms with van der Waals surface area (Å²) in [4.78, 5) is 27.8. The van der Waals surface area contributed by atoms with Crippen LogP contribution >= 0.6 is 11.3 Å². The second kappa shape index (κ2) is 7.09. The summed E-state index contributed by atoms with van der Waals surface area (Å²) < 4.78 is 10.1. The number of nitrogens with zero attached hydrogens (tertiary/aromatic N) is 2. The van der Waals surface area contributed by atoms with Crippen molar-refractivity contribution in [1.82, 2.24) is 15.2 Å². The minimum atomic E-state index is -0.402. The number of rotatable bonds is 6. The lowest BCUT2D eigenvalue weighted by Gasteiger charge is -1.99. The maximum absolute atomic E-state index is 12.2. The molecule has 0 atom stereocenters. The number of carbonyl (C=O) groups is 2. The molecule has 0 unspecified atom stereocenters. The Morgan fingerprint density at radius 3 is 3.08 bits per heavy atom. The number of aromatic amines is 1. The number of carbonyl (C=O) groups excluding carboxylic acids is 2. The predicted octanol–water partition coefficient (Wildman–Crippen LogP) is 2.48. The molecule has 0 aliphatic rings. The Hall–Kier alpha value is -2.94. The zero-order valence-electron chi connectivity index (χ0n) is 12.7. The Morgan fingerprint density at radius 2 is 2.33 bits per heavy atom. The molecule has 24 heavy (non-hydrogen) atoms. The molecule has 9 heteroatoms. The molecule has 0 fully saturated rings. The average molecular weight is 346 g/mol. The lowest BCUT2D eigenvalue weighted by Crippen LogP contribution is -2.12. The fourth-order valence-electron chi connectivity index (χ4n) is 1.96. The van der Waals surface area contributed by atoms with Crippen LogP contribution in [0.1, 0.15) is 23.1 Å². The summed E-state index contributed by atoms with van der Waals surface area (Å²) in [5, 5.41) is 11.4. The molecule has 0 aliphatic carbocycles. The molecular formula is C15H14N4O4S. The molecule has 0 spiro atoms. The zero-order chi connectivity index (χ0) is 16.9. The van der Waals surface area contributed by atoms with Crippen molar-refractivity contribution < 1.29 is 18.7 Å². The maximum Gasteiger partial charge on any atom is 0.311 e. The number of ether oxygens (including phenoxy) is 1. The topological polar surface area (TPSA) is 110 Å². The van der Waals surface area contributed by atoms with Gasteiger partial charge in [-0.1, -0.05) is 0 Å². The second-order valence-electron chi connectivity index (χ2n) is 4.72. The summed E-state index contributed by atoms with van der Waals surface area (Å²) in [6.45, 7) is 2.06. The smallest absolute Gasteiger partial charge is 0.311 e. The Kier molecular flexibility index (Phi) is 4.71. The predicted molar refractivity (Wildman–Crippen MR) is 86.7 cm³/mol. The largest absolute Gasteiger partial charge is 0.466 e. The lowest BCUT2D eigenvalue weighted by molar-refractivity contribution is -0.142. The molecule has 3 rings (SSSR count). The first-order valence-electron chi connectivity index (χ1n) is 7.16. The monoisotopic (exact) mass is 346 g/mol. The number of aromatic nitrogens is 3. The average Bonchev–Trinajstić information content (AvgIpc) is 3.28. The van der Waals surface area contributed by atoms with Gasteiger partial charge in [-0.15, -0.1) is 11.3 Å². The summed E-state index contributed by atoms with van der Waals surface area (Å²) in [5.41, 5.74) is 1.36.